The molecule has 0 spiro atoms. The second-order valence-electron chi connectivity index (χ2n) is 3.40. The summed E-state index contributed by atoms with van der Waals surface area (Å²) in [5, 5.41) is 0.929. The topological polar surface area (TPSA) is 49.4 Å². The van der Waals surface area contributed by atoms with Gasteiger partial charge in [-0.05, 0) is 25.7 Å². The van der Waals surface area contributed by atoms with Crippen LogP contribution in [0.2, 0.25) is 0 Å². The molecule has 1 rings (SSSR count). The van der Waals surface area contributed by atoms with Crippen LogP contribution in [0.25, 0.3) is 0 Å². The highest BCUT2D eigenvalue weighted by Gasteiger charge is 2.24. The Morgan fingerprint density at radius 2 is 1.86 bits per heavy atom. The second kappa shape index (κ2) is 6.05. The normalized spacial score (nSPS) is 18.9. The lowest BCUT2D eigenvalue weighted by molar-refractivity contribution is 0.464. The molecule has 0 aromatic heterocycles. The van der Waals surface area contributed by atoms with Gasteiger partial charge in [0.05, 0.1) is 0 Å². The van der Waals surface area contributed by atoms with E-state index in [1.165, 1.54) is 4.31 Å². The maximum atomic E-state index is 11.6. The molecule has 6 heteroatoms. The SMILES string of the molecule is O=S(=O)(NCCCCBr)N1CCCC1. The van der Waals surface area contributed by atoms with Crippen LogP contribution in [0.1, 0.15) is 25.7 Å². The fourth-order valence-electron chi connectivity index (χ4n) is 1.44. The lowest BCUT2D eigenvalue weighted by Crippen LogP contribution is -2.39. The van der Waals surface area contributed by atoms with E-state index in [4.69, 9.17) is 0 Å². The standard InChI is InChI=1S/C8H17BrN2O2S/c9-5-1-2-6-10-14(12,13)11-7-3-4-8-11/h10H,1-8H2. The van der Waals surface area contributed by atoms with Gasteiger partial charge >= 0.3 is 0 Å². The van der Waals surface area contributed by atoms with Gasteiger partial charge in [0.2, 0.25) is 0 Å². The lowest BCUT2D eigenvalue weighted by atomic mass is 10.3. The summed E-state index contributed by atoms with van der Waals surface area (Å²) in [5.74, 6) is 0. The van der Waals surface area contributed by atoms with E-state index in [1.54, 1.807) is 0 Å². The molecule has 14 heavy (non-hydrogen) atoms. The van der Waals surface area contributed by atoms with Gasteiger partial charge in [-0.2, -0.15) is 12.7 Å². The molecule has 1 heterocycles. The number of halogens is 1. The van der Waals surface area contributed by atoms with Crippen molar-refractivity contribution >= 4 is 26.1 Å². The first-order chi connectivity index (χ1) is 6.67. The second-order valence-corrected chi connectivity index (χ2v) is 5.95. The molecule has 0 amide bonds. The maximum Gasteiger partial charge on any atom is 0.279 e. The van der Waals surface area contributed by atoms with Crippen molar-refractivity contribution in [3.8, 4) is 0 Å². The Labute approximate surface area is 94.4 Å². The van der Waals surface area contributed by atoms with Crippen molar-refractivity contribution < 1.29 is 8.42 Å². The Kier molecular flexibility index (Phi) is 5.36. The first-order valence-corrected chi connectivity index (χ1v) is 7.53. The van der Waals surface area contributed by atoms with Gasteiger partial charge in [0.15, 0.2) is 0 Å². The van der Waals surface area contributed by atoms with Crippen molar-refractivity contribution in [2.24, 2.45) is 0 Å². The molecule has 0 aliphatic carbocycles. The predicted octanol–water partition coefficient (Wildman–Crippen LogP) is 1.09. The number of rotatable bonds is 6. The molecule has 1 fully saturated rings. The summed E-state index contributed by atoms with van der Waals surface area (Å²) in [5.41, 5.74) is 0. The Hall–Kier alpha value is 0.350. The highest BCUT2D eigenvalue weighted by molar-refractivity contribution is 9.09. The van der Waals surface area contributed by atoms with Gasteiger partial charge in [0, 0.05) is 25.0 Å². The summed E-state index contributed by atoms with van der Waals surface area (Å²) < 4.78 is 27.3. The van der Waals surface area contributed by atoms with E-state index in [-0.39, 0.29) is 0 Å². The van der Waals surface area contributed by atoms with E-state index in [2.05, 4.69) is 20.7 Å². The van der Waals surface area contributed by atoms with Gasteiger partial charge in [-0.15, -0.1) is 0 Å². The maximum absolute atomic E-state index is 11.6. The van der Waals surface area contributed by atoms with Crippen molar-refractivity contribution in [3.05, 3.63) is 0 Å². The molecule has 0 unspecified atom stereocenters. The fourth-order valence-corrected chi connectivity index (χ4v) is 3.16. The van der Waals surface area contributed by atoms with Crippen LogP contribution in [-0.2, 0) is 10.2 Å². The van der Waals surface area contributed by atoms with E-state index in [0.29, 0.717) is 19.6 Å². The number of hydrogen-bond acceptors (Lipinski definition) is 2. The number of alkyl halides is 1. The average molecular weight is 285 g/mol. The van der Waals surface area contributed by atoms with Crippen molar-refractivity contribution in [2.45, 2.75) is 25.7 Å². The van der Waals surface area contributed by atoms with Crippen molar-refractivity contribution in [3.63, 3.8) is 0 Å². The van der Waals surface area contributed by atoms with Crippen molar-refractivity contribution in [2.75, 3.05) is 25.0 Å². The molecule has 0 aromatic carbocycles. The van der Waals surface area contributed by atoms with Crippen LogP contribution in [-0.4, -0.2) is 37.7 Å². The van der Waals surface area contributed by atoms with E-state index < -0.39 is 10.2 Å². The van der Waals surface area contributed by atoms with Crippen LogP contribution in [0, 0.1) is 0 Å². The Morgan fingerprint density at radius 1 is 1.21 bits per heavy atom. The van der Waals surface area contributed by atoms with Crippen LogP contribution >= 0.6 is 15.9 Å². The fraction of sp³-hybridized carbons (Fsp3) is 1.00. The summed E-state index contributed by atoms with van der Waals surface area (Å²) in [4.78, 5) is 0. The first-order valence-electron chi connectivity index (χ1n) is 4.97. The summed E-state index contributed by atoms with van der Waals surface area (Å²) in [6.45, 7) is 1.89. The van der Waals surface area contributed by atoms with E-state index in [9.17, 15) is 8.42 Å². The number of hydrogen-bond donors (Lipinski definition) is 1. The molecule has 0 radical (unpaired) electrons. The van der Waals surface area contributed by atoms with Crippen LogP contribution < -0.4 is 4.72 Å². The van der Waals surface area contributed by atoms with Crippen LogP contribution in [0.5, 0.6) is 0 Å². The molecule has 4 nitrogen and oxygen atoms in total. The first kappa shape index (κ1) is 12.4. The largest absolute Gasteiger partial charge is 0.279 e. The lowest BCUT2D eigenvalue weighted by Gasteiger charge is -2.15. The molecular formula is C8H17BrN2O2S. The third-order valence-corrected chi connectivity index (χ3v) is 4.42. The van der Waals surface area contributed by atoms with E-state index in [0.717, 1.165) is 31.0 Å². The zero-order valence-corrected chi connectivity index (χ0v) is 10.6. The quantitative estimate of drug-likeness (QED) is 0.586. The number of unbranched alkanes of at least 4 members (excludes halogenated alkanes) is 1. The Bertz CT molecular complexity index is 250. The minimum atomic E-state index is -3.17. The van der Waals surface area contributed by atoms with Crippen molar-refractivity contribution in [1.82, 2.24) is 9.03 Å². The van der Waals surface area contributed by atoms with Crippen molar-refractivity contribution in [1.29, 1.82) is 0 Å². The van der Waals surface area contributed by atoms with Crippen LogP contribution in [0.15, 0.2) is 0 Å². The van der Waals surface area contributed by atoms with Gasteiger partial charge in [-0.3, -0.25) is 0 Å². The third-order valence-electron chi connectivity index (χ3n) is 2.25. The number of nitrogens with zero attached hydrogens (tertiary/aromatic N) is 1. The zero-order chi connectivity index (χ0) is 10.4. The highest BCUT2D eigenvalue weighted by atomic mass is 79.9. The highest BCUT2D eigenvalue weighted by Crippen LogP contribution is 2.10. The molecule has 0 bridgehead atoms. The minimum Gasteiger partial charge on any atom is -0.202 e. The molecule has 1 aliphatic rings. The molecular weight excluding hydrogens is 268 g/mol. The summed E-state index contributed by atoms with van der Waals surface area (Å²) in [6.07, 6.45) is 3.87. The van der Waals surface area contributed by atoms with Gasteiger partial charge in [-0.25, -0.2) is 4.72 Å². The van der Waals surface area contributed by atoms with Crippen LogP contribution in [0.3, 0.4) is 0 Å². The van der Waals surface area contributed by atoms with Gasteiger partial charge < -0.3 is 0 Å². The zero-order valence-electron chi connectivity index (χ0n) is 8.21. The molecule has 0 atom stereocenters. The summed E-state index contributed by atoms with van der Waals surface area (Å²) >= 11 is 3.31. The molecule has 0 saturated carbocycles. The number of nitrogens with one attached hydrogen (secondary N) is 1. The average Bonchev–Trinajstić information content (AvgIpc) is 2.65. The Balaban J connectivity index is 2.26. The summed E-state index contributed by atoms with van der Waals surface area (Å²) in [6, 6.07) is 0. The van der Waals surface area contributed by atoms with Gasteiger partial charge in [0.25, 0.3) is 10.2 Å². The third kappa shape index (κ3) is 3.84. The predicted molar refractivity (Wildman–Crippen MR) is 60.8 cm³/mol. The molecule has 84 valence electrons. The van der Waals surface area contributed by atoms with Gasteiger partial charge in [0.1, 0.15) is 0 Å². The van der Waals surface area contributed by atoms with Gasteiger partial charge in [-0.1, -0.05) is 15.9 Å². The van der Waals surface area contributed by atoms with E-state index >= 15 is 0 Å². The molecule has 1 aliphatic heterocycles. The molecule has 1 saturated heterocycles. The van der Waals surface area contributed by atoms with Crippen LogP contribution in [0.4, 0.5) is 0 Å². The molecule has 0 aromatic rings. The monoisotopic (exact) mass is 284 g/mol. The molecule has 1 N–H and O–H groups in total. The minimum absolute atomic E-state index is 0.546. The van der Waals surface area contributed by atoms with E-state index in [1.807, 2.05) is 0 Å². The Morgan fingerprint density at radius 3 is 2.43 bits per heavy atom. The smallest absolute Gasteiger partial charge is 0.202 e. The summed E-state index contributed by atoms with van der Waals surface area (Å²) in [7, 11) is -3.17.